The molecule has 1 amide bonds. The second kappa shape index (κ2) is 7.86. The smallest absolute Gasteiger partial charge is 0.328 e. The molecule has 138 valence electrons. The maximum atomic E-state index is 12.5. The minimum absolute atomic E-state index is 0.0906. The average Bonchev–Trinajstić information content (AvgIpc) is 3.15. The van der Waals surface area contributed by atoms with E-state index in [1.165, 1.54) is 16.2 Å². The van der Waals surface area contributed by atoms with E-state index in [1.54, 1.807) is 18.5 Å². The summed E-state index contributed by atoms with van der Waals surface area (Å²) in [6.07, 6.45) is 0.792. The lowest BCUT2D eigenvalue weighted by atomic mass is 10.1. The van der Waals surface area contributed by atoms with Gasteiger partial charge in [0.05, 0.1) is 23.5 Å². The van der Waals surface area contributed by atoms with Crippen LogP contribution in [0.2, 0.25) is 0 Å². The first-order valence-electron chi connectivity index (χ1n) is 8.61. The Balaban J connectivity index is 1.84. The van der Waals surface area contributed by atoms with Crippen molar-refractivity contribution in [2.75, 3.05) is 18.1 Å². The van der Waals surface area contributed by atoms with E-state index in [-0.39, 0.29) is 12.5 Å². The largest absolute Gasteiger partial charge is 0.482 e. The lowest BCUT2D eigenvalue weighted by Crippen LogP contribution is -2.48. The maximum absolute atomic E-state index is 12.5. The minimum Gasteiger partial charge on any atom is -0.482 e. The normalized spacial score (nSPS) is 14.8. The van der Waals surface area contributed by atoms with E-state index < -0.39 is 12.0 Å². The molecule has 0 aliphatic carbocycles. The fourth-order valence-corrected chi connectivity index (χ4v) is 3.29. The number of rotatable bonds is 6. The Bertz CT molecular complexity index is 789. The third-order valence-electron chi connectivity index (χ3n) is 4.23. The molecule has 26 heavy (non-hydrogen) atoms. The first-order valence-corrected chi connectivity index (χ1v) is 9.55. The number of ether oxygens (including phenoxy) is 2. The van der Waals surface area contributed by atoms with Gasteiger partial charge < -0.3 is 9.47 Å². The van der Waals surface area contributed by atoms with Crippen molar-refractivity contribution in [2.45, 2.75) is 33.2 Å². The topological polar surface area (TPSA) is 68.7 Å². The highest BCUT2D eigenvalue weighted by Gasteiger charge is 2.34. The van der Waals surface area contributed by atoms with Crippen LogP contribution >= 0.6 is 11.3 Å². The zero-order valence-electron chi connectivity index (χ0n) is 15.1. The Kier molecular flexibility index (Phi) is 5.56. The SMILES string of the molecule is CC(C)CCOC(=O)C(C)N1C(=O)COc2ccc(-c3cscn3)cc21. The number of benzene rings is 1. The number of thiazole rings is 1. The predicted octanol–water partition coefficient (Wildman–Crippen LogP) is 3.51. The standard InChI is InChI=1S/C19H22N2O4S/c1-12(2)6-7-24-19(23)13(3)21-16-8-14(15-10-26-11-20-15)4-5-17(16)25-9-18(21)22/h4-5,8,10-13H,6-7,9H2,1-3H3. The molecule has 1 unspecified atom stereocenters. The molecule has 1 atom stereocenters. The molecular weight excluding hydrogens is 352 g/mol. The third kappa shape index (κ3) is 3.88. The lowest BCUT2D eigenvalue weighted by molar-refractivity contribution is -0.146. The molecule has 0 fully saturated rings. The molecule has 6 nitrogen and oxygen atoms in total. The van der Waals surface area contributed by atoms with Crippen LogP contribution in [0.5, 0.6) is 5.75 Å². The van der Waals surface area contributed by atoms with Crippen LogP contribution in [0.15, 0.2) is 29.1 Å². The summed E-state index contributed by atoms with van der Waals surface area (Å²) in [5.74, 6) is 0.349. The molecule has 0 saturated heterocycles. The maximum Gasteiger partial charge on any atom is 0.328 e. The number of nitrogens with zero attached hydrogens (tertiary/aromatic N) is 2. The fraction of sp³-hybridized carbons (Fsp3) is 0.421. The zero-order valence-corrected chi connectivity index (χ0v) is 15.9. The Hall–Kier alpha value is -2.41. The summed E-state index contributed by atoms with van der Waals surface area (Å²) in [5, 5.41) is 1.93. The van der Waals surface area contributed by atoms with E-state index in [0.717, 1.165) is 17.7 Å². The fourth-order valence-electron chi connectivity index (χ4n) is 2.73. The van der Waals surface area contributed by atoms with Crippen LogP contribution in [-0.2, 0) is 14.3 Å². The molecule has 0 saturated carbocycles. The van der Waals surface area contributed by atoms with Gasteiger partial charge in [0.15, 0.2) is 6.61 Å². The number of aromatic nitrogens is 1. The van der Waals surface area contributed by atoms with Crippen molar-refractivity contribution in [2.24, 2.45) is 5.92 Å². The van der Waals surface area contributed by atoms with Gasteiger partial charge in [0.1, 0.15) is 11.8 Å². The van der Waals surface area contributed by atoms with Crippen LogP contribution in [0.4, 0.5) is 5.69 Å². The number of amides is 1. The predicted molar refractivity (Wildman–Crippen MR) is 100 cm³/mol. The van der Waals surface area contributed by atoms with Gasteiger partial charge in [0, 0.05) is 10.9 Å². The number of hydrogen-bond acceptors (Lipinski definition) is 6. The van der Waals surface area contributed by atoms with Gasteiger partial charge in [-0.2, -0.15) is 0 Å². The van der Waals surface area contributed by atoms with Gasteiger partial charge in [0.25, 0.3) is 5.91 Å². The Morgan fingerprint density at radius 1 is 1.38 bits per heavy atom. The molecule has 0 spiro atoms. The van der Waals surface area contributed by atoms with Gasteiger partial charge in [0.2, 0.25) is 0 Å². The Morgan fingerprint density at radius 2 is 2.19 bits per heavy atom. The van der Waals surface area contributed by atoms with Crippen LogP contribution in [0, 0.1) is 5.92 Å². The second-order valence-corrected chi connectivity index (χ2v) is 7.35. The zero-order chi connectivity index (χ0) is 18.7. The van der Waals surface area contributed by atoms with Gasteiger partial charge in [-0.1, -0.05) is 13.8 Å². The highest BCUT2D eigenvalue weighted by Crippen LogP contribution is 2.37. The highest BCUT2D eigenvalue weighted by atomic mass is 32.1. The second-order valence-electron chi connectivity index (χ2n) is 6.63. The van der Waals surface area contributed by atoms with Gasteiger partial charge >= 0.3 is 5.97 Å². The average molecular weight is 374 g/mol. The molecular formula is C19H22N2O4S. The minimum atomic E-state index is -0.719. The van der Waals surface area contributed by atoms with Crippen molar-refractivity contribution >= 4 is 28.9 Å². The van der Waals surface area contributed by atoms with Gasteiger partial charge in [-0.25, -0.2) is 9.78 Å². The molecule has 1 aromatic carbocycles. The molecule has 1 aliphatic heterocycles. The summed E-state index contributed by atoms with van der Waals surface area (Å²) in [7, 11) is 0. The monoisotopic (exact) mass is 374 g/mol. The number of carbonyl (C=O) groups excluding carboxylic acids is 2. The number of esters is 1. The molecule has 0 N–H and O–H groups in total. The van der Waals surface area contributed by atoms with Gasteiger partial charge in [-0.05, 0) is 37.5 Å². The molecule has 3 rings (SSSR count). The van der Waals surface area contributed by atoms with Crippen LogP contribution in [-0.4, -0.2) is 36.1 Å². The quantitative estimate of drug-likeness (QED) is 0.724. The number of carbonyl (C=O) groups is 2. The molecule has 2 aromatic rings. The summed E-state index contributed by atoms with van der Waals surface area (Å²) in [5.41, 5.74) is 4.01. The molecule has 1 aliphatic rings. The van der Waals surface area contributed by atoms with E-state index in [2.05, 4.69) is 18.8 Å². The summed E-state index contributed by atoms with van der Waals surface area (Å²) >= 11 is 1.50. The van der Waals surface area contributed by atoms with Crippen molar-refractivity contribution in [1.29, 1.82) is 0 Å². The Labute approximate surface area is 156 Å². The van der Waals surface area contributed by atoms with E-state index in [9.17, 15) is 9.59 Å². The van der Waals surface area contributed by atoms with Crippen LogP contribution < -0.4 is 9.64 Å². The summed E-state index contributed by atoms with van der Waals surface area (Å²) in [6, 6.07) is 4.82. The van der Waals surface area contributed by atoms with Crippen molar-refractivity contribution < 1.29 is 19.1 Å². The van der Waals surface area contributed by atoms with Gasteiger partial charge in [-0.15, -0.1) is 11.3 Å². The summed E-state index contributed by atoms with van der Waals surface area (Å²) < 4.78 is 10.9. The number of hydrogen-bond donors (Lipinski definition) is 0. The Morgan fingerprint density at radius 3 is 2.88 bits per heavy atom. The first-order chi connectivity index (χ1) is 12.5. The number of anilines is 1. The third-order valence-corrected chi connectivity index (χ3v) is 4.82. The molecule has 1 aromatic heterocycles. The highest BCUT2D eigenvalue weighted by molar-refractivity contribution is 7.07. The van der Waals surface area contributed by atoms with E-state index >= 15 is 0 Å². The van der Waals surface area contributed by atoms with E-state index in [0.29, 0.717) is 24.0 Å². The van der Waals surface area contributed by atoms with E-state index in [4.69, 9.17) is 9.47 Å². The van der Waals surface area contributed by atoms with Crippen molar-refractivity contribution in [1.82, 2.24) is 4.98 Å². The van der Waals surface area contributed by atoms with Crippen molar-refractivity contribution in [3.63, 3.8) is 0 Å². The van der Waals surface area contributed by atoms with Crippen molar-refractivity contribution in [3.05, 3.63) is 29.1 Å². The van der Waals surface area contributed by atoms with Gasteiger partial charge in [-0.3, -0.25) is 9.69 Å². The molecule has 7 heteroatoms. The van der Waals surface area contributed by atoms with Crippen LogP contribution in [0.1, 0.15) is 27.2 Å². The van der Waals surface area contributed by atoms with E-state index in [1.807, 2.05) is 17.5 Å². The van der Waals surface area contributed by atoms with Crippen molar-refractivity contribution in [3.8, 4) is 17.0 Å². The molecule has 2 heterocycles. The molecule has 0 bridgehead atoms. The summed E-state index contributed by atoms with van der Waals surface area (Å²) in [6.45, 7) is 6.08. The van der Waals surface area contributed by atoms with Crippen LogP contribution in [0.25, 0.3) is 11.3 Å². The molecule has 0 radical (unpaired) electrons. The summed E-state index contributed by atoms with van der Waals surface area (Å²) in [4.78, 5) is 30.7. The first kappa shape index (κ1) is 18.4. The lowest BCUT2D eigenvalue weighted by Gasteiger charge is -2.33. The van der Waals surface area contributed by atoms with Crippen LogP contribution in [0.3, 0.4) is 0 Å². The number of fused-ring (bicyclic) bond motifs is 1.